The minimum atomic E-state index is -4.24. The van der Waals surface area contributed by atoms with E-state index in [9.17, 15) is 26.4 Å². The number of halogens is 3. The fourth-order valence-corrected chi connectivity index (χ4v) is 6.11. The lowest BCUT2D eigenvalue weighted by molar-refractivity contribution is -0.169. The van der Waals surface area contributed by atoms with Crippen molar-refractivity contribution < 1.29 is 26.4 Å². The predicted molar refractivity (Wildman–Crippen MR) is 134 cm³/mol. The number of carbonyl (C=O) groups excluding carboxylic acids is 1. The van der Waals surface area contributed by atoms with E-state index in [4.69, 9.17) is 0 Å². The van der Waals surface area contributed by atoms with Gasteiger partial charge in [-0.05, 0) is 69.1 Å². The van der Waals surface area contributed by atoms with Crippen LogP contribution in [0.15, 0.2) is 18.2 Å². The van der Waals surface area contributed by atoms with Gasteiger partial charge < -0.3 is 5.32 Å². The first-order valence-electron chi connectivity index (χ1n) is 12.4. The number of alkyl halides is 3. The van der Waals surface area contributed by atoms with E-state index in [2.05, 4.69) is 10.3 Å². The van der Waals surface area contributed by atoms with E-state index in [0.717, 1.165) is 24.1 Å². The normalized spacial score (nSPS) is 19.8. The number of carbonyl (C=O) groups is 1. The molecule has 1 aromatic heterocycles. The van der Waals surface area contributed by atoms with E-state index in [1.54, 1.807) is 18.2 Å². The molecule has 1 saturated carbocycles. The highest BCUT2D eigenvalue weighted by molar-refractivity contribution is 7.91. The van der Waals surface area contributed by atoms with Gasteiger partial charge in [0, 0.05) is 24.9 Å². The number of sulfone groups is 1. The van der Waals surface area contributed by atoms with E-state index in [0.29, 0.717) is 48.6 Å². The molecule has 6 nitrogen and oxygen atoms in total. The molecule has 1 amide bonds. The van der Waals surface area contributed by atoms with Crippen LogP contribution in [-0.2, 0) is 22.7 Å². The van der Waals surface area contributed by atoms with Gasteiger partial charge in [0.2, 0.25) is 0 Å². The Balaban J connectivity index is 1.74. The number of aryl methyl sites for hydroxylation is 2. The molecular formula is C26H36F3N3O3S. The summed E-state index contributed by atoms with van der Waals surface area (Å²) in [5.74, 6) is -0.778. The van der Waals surface area contributed by atoms with Crippen LogP contribution in [0.3, 0.4) is 0 Å². The summed E-state index contributed by atoms with van der Waals surface area (Å²) in [7, 11) is -3.03. The molecular weight excluding hydrogens is 491 g/mol. The summed E-state index contributed by atoms with van der Waals surface area (Å²) in [5.41, 5.74) is 3.21. The number of nitrogens with one attached hydrogen (secondary N) is 1. The Labute approximate surface area is 211 Å². The van der Waals surface area contributed by atoms with Crippen molar-refractivity contribution in [3.8, 4) is 5.69 Å². The first kappa shape index (κ1) is 28.2. The summed E-state index contributed by atoms with van der Waals surface area (Å²) >= 11 is 0. The summed E-state index contributed by atoms with van der Waals surface area (Å²) in [6.07, 6.45) is 0.271. The van der Waals surface area contributed by atoms with E-state index in [1.165, 1.54) is 13.2 Å². The Morgan fingerprint density at radius 1 is 1.19 bits per heavy atom. The minimum Gasteiger partial charge on any atom is -0.350 e. The van der Waals surface area contributed by atoms with Crippen LogP contribution in [0.4, 0.5) is 13.2 Å². The fourth-order valence-electron chi connectivity index (χ4n) is 4.98. The van der Waals surface area contributed by atoms with Crippen LogP contribution in [0, 0.1) is 25.7 Å². The van der Waals surface area contributed by atoms with Crippen molar-refractivity contribution in [3.05, 3.63) is 46.5 Å². The first-order valence-corrected chi connectivity index (χ1v) is 14.4. The third-order valence-electron chi connectivity index (χ3n) is 7.26. The van der Waals surface area contributed by atoms with Crippen LogP contribution in [-0.4, -0.2) is 48.1 Å². The zero-order valence-corrected chi connectivity index (χ0v) is 22.4. The van der Waals surface area contributed by atoms with E-state index in [-0.39, 0.29) is 23.5 Å². The highest BCUT2D eigenvalue weighted by atomic mass is 32.2. The molecule has 2 aromatic rings. The molecule has 1 aromatic carbocycles. The third-order valence-corrected chi connectivity index (χ3v) is 8.94. The molecule has 0 aliphatic heterocycles. The molecule has 1 fully saturated rings. The van der Waals surface area contributed by atoms with Crippen LogP contribution in [0.25, 0.3) is 5.69 Å². The molecule has 0 radical (unpaired) electrons. The van der Waals surface area contributed by atoms with Gasteiger partial charge in [-0.15, -0.1) is 0 Å². The molecule has 10 heteroatoms. The highest BCUT2D eigenvalue weighted by Crippen LogP contribution is 2.31. The van der Waals surface area contributed by atoms with Crippen molar-refractivity contribution in [2.45, 2.75) is 77.6 Å². The molecule has 0 bridgehead atoms. The summed E-state index contributed by atoms with van der Waals surface area (Å²) in [4.78, 5) is 17.6. The number of aromatic nitrogens is 2. The average Bonchev–Trinajstić information content (AvgIpc) is 3.13. The second-order valence-corrected chi connectivity index (χ2v) is 12.4. The maximum atomic E-state index is 13.0. The zero-order valence-electron chi connectivity index (χ0n) is 21.6. The molecule has 1 atom stereocenters. The van der Waals surface area contributed by atoms with Gasteiger partial charge in [-0.3, -0.25) is 9.36 Å². The fraction of sp³-hybridized carbons (Fsp3) is 0.615. The molecule has 1 heterocycles. The van der Waals surface area contributed by atoms with Gasteiger partial charge in [0.05, 0.1) is 16.9 Å². The van der Waals surface area contributed by atoms with E-state index < -0.39 is 21.9 Å². The molecule has 0 spiro atoms. The smallest absolute Gasteiger partial charge is 0.350 e. The van der Waals surface area contributed by atoms with Crippen LogP contribution in [0.1, 0.15) is 72.7 Å². The minimum absolute atomic E-state index is 0.0894. The Bertz CT molecular complexity index is 1200. The number of imidazole rings is 1. The van der Waals surface area contributed by atoms with Gasteiger partial charge in [-0.25, -0.2) is 13.4 Å². The Kier molecular flexibility index (Phi) is 8.58. The number of benzene rings is 1. The van der Waals surface area contributed by atoms with Crippen molar-refractivity contribution in [1.29, 1.82) is 0 Å². The van der Waals surface area contributed by atoms with Gasteiger partial charge in [-0.1, -0.05) is 26.0 Å². The molecule has 1 aliphatic rings. The molecule has 36 heavy (non-hydrogen) atoms. The number of nitrogens with zero attached hydrogens (tertiary/aromatic N) is 2. The summed E-state index contributed by atoms with van der Waals surface area (Å²) in [6.45, 7) is 7.25. The second-order valence-electron chi connectivity index (χ2n) is 10.1. The molecule has 0 saturated heterocycles. The van der Waals surface area contributed by atoms with Crippen LogP contribution in [0.5, 0.6) is 0 Å². The molecule has 3 rings (SSSR count). The SMILES string of the molecule is CCc1nc(C(=O)NCC2CCC(S(C)(=O)=O)CC2)c(C)n1-c1ccc(CC(C)C(F)(F)F)cc1C. The lowest BCUT2D eigenvalue weighted by Gasteiger charge is -2.27. The standard InChI is InChI=1S/C26H36F3N3O3S/c1-6-23-31-24(25(33)30-15-19-7-10-21(11-8-19)36(5,34)35)18(4)32(23)22-12-9-20(13-16(22)2)14-17(3)26(27,28)29/h9,12-13,17,19,21H,6-8,10-11,14-15H2,1-5H3,(H,30,33). The summed E-state index contributed by atoms with van der Waals surface area (Å²) in [6, 6.07) is 5.27. The lowest BCUT2D eigenvalue weighted by Crippen LogP contribution is -2.34. The maximum Gasteiger partial charge on any atom is 0.391 e. The van der Waals surface area contributed by atoms with Crippen molar-refractivity contribution >= 4 is 15.7 Å². The number of hydrogen-bond donors (Lipinski definition) is 1. The summed E-state index contributed by atoms with van der Waals surface area (Å²) < 4.78 is 64.4. The van der Waals surface area contributed by atoms with Crippen molar-refractivity contribution in [3.63, 3.8) is 0 Å². The first-order chi connectivity index (χ1) is 16.7. The van der Waals surface area contributed by atoms with Crippen LogP contribution in [0.2, 0.25) is 0 Å². The largest absolute Gasteiger partial charge is 0.391 e. The van der Waals surface area contributed by atoms with Gasteiger partial charge in [0.25, 0.3) is 5.91 Å². The Morgan fingerprint density at radius 3 is 2.36 bits per heavy atom. The summed E-state index contributed by atoms with van der Waals surface area (Å²) in [5, 5.41) is 2.68. The molecule has 1 N–H and O–H groups in total. The monoisotopic (exact) mass is 527 g/mol. The molecule has 1 aliphatic carbocycles. The number of rotatable bonds is 8. The van der Waals surface area contributed by atoms with Crippen molar-refractivity contribution in [2.75, 3.05) is 12.8 Å². The number of amides is 1. The van der Waals surface area contributed by atoms with Crippen LogP contribution >= 0.6 is 0 Å². The number of hydrogen-bond acceptors (Lipinski definition) is 4. The Morgan fingerprint density at radius 2 is 1.83 bits per heavy atom. The van der Waals surface area contributed by atoms with E-state index >= 15 is 0 Å². The lowest BCUT2D eigenvalue weighted by atomic mass is 9.89. The maximum absolute atomic E-state index is 13.0. The average molecular weight is 528 g/mol. The highest BCUT2D eigenvalue weighted by Gasteiger charge is 2.35. The van der Waals surface area contributed by atoms with Gasteiger partial charge in [0.1, 0.15) is 21.4 Å². The van der Waals surface area contributed by atoms with Gasteiger partial charge >= 0.3 is 6.18 Å². The van der Waals surface area contributed by atoms with Gasteiger partial charge in [-0.2, -0.15) is 13.2 Å². The second kappa shape index (κ2) is 10.9. The van der Waals surface area contributed by atoms with Gasteiger partial charge in [0.15, 0.2) is 0 Å². The Hall–Kier alpha value is -2.36. The quantitative estimate of drug-likeness (QED) is 0.516. The molecule has 200 valence electrons. The molecule has 1 unspecified atom stereocenters. The van der Waals surface area contributed by atoms with Crippen molar-refractivity contribution in [2.24, 2.45) is 11.8 Å². The third kappa shape index (κ3) is 6.49. The van der Waals surface area contributed by atoms with Crippen LogP contribution < -0.4 is 5.32 Å². The van der Waals surface area contributed by atoms with E-state index in [1.807, 2.05) is 25.3 Å². The topological polar surface area (TPSA) is 81.1 Å². The van der Waals surface area contributed by atoms with Crippen molar-refractivity contribution in [1.82, 2.24) is 14.9 Å². The predicted octanol–water partition coefficient (Wildman–Crippen LogP) is 5.13. The zero-order chi connectivity index (χ0) is 26.8.